The SMILES string of the molecule is CC1COCCN1CCOc1cccc(B(O)O)c1. The van der Waals surface area contributed by atoms with Crippen molar-refractivity contribution in [2.75, 3.05) is 32.9 Å². The molecule has 1 atom stereocenters. The molecule has 0 bridgehead atoms. The molecule has 1 aromatic carbocycles. The molecule has 0 saturated carbocycles. The third-order valence-electron chi connectivity index (χ3n) is 3.31. The monoisotopic (exact) mass is 265 g/mol. The molecule has 1 heterocycles. The highest BCUT2D eigenvalue weighted by molar-refractivity contribution is 6.58. The molecule has 104 valence electrons. The molecule has 1 fully saturated rings. The fourth-order valence-corrected chi connectivity index (χ4v) is 2.14. The second-order valence-electron chi connectivity index (χ2n) is 4.75. The molecule has 0 radical (unpaired) electrons. The number of hydrogen-bond donors (Lipinski definition) is 2. The van der Waals surface area contributed by atoms with Crippen LogP contribution in [0.15, 0.2) is 24.3 Å². The Morgan fingerprint density at radius 1 is 1.47 bits per heavy atom. The van der Waals surface area contributed by atoms with Gasteiger partial charge in [0, 0.05) is 19.1 Å². The summed E-state index contributed by atoms with van der Waals surface area (Å²) in [5.41, 5.74) is 0.442. The van der Waals surface area contributed by atoms with Gasteiger partial charge in [0.1, 0.15) is 12.4 Å². The van der Waals surface area contributed by atoms with E-state index in [-0.39, 0.29) is 0 Å². The fourth-order valence-electron chi connectivity index (χ4n) is 2.14. The highest BCUT2D eigenvalue weighted by Gasteiger charge is 2.18. The summed E-state index contributed by atoms with van der Waals surface area (Å²) in [5.74, 6) is 0.659. The van der Waals surface area contributed by atoms with Crippen molar-refractivity contribution in [1.29, 1.82) is 0 Å². The average Bonchev–Trinajstić information content (AvgIpc) is 2.41. The van der Waals surface area contributed by atoms with E-state index in [0.29, 0.717) is 23.9 Å². The molecule has 2 rings (SSSR count). The van der Waals surface area contributed by atoms with Crippen LogP contribution in [-0.2, 0) is 4.74 Å². The van der Waals surface area contributed by atoms with Crippen LogP contribution in [0, 0.1) is 0 Å². The Bertz CT molecular complexity index is 402. The maximum absolute atomic E-state index is 9.09. The lowest BCUT2D eigenvalue weighted by atomic mass is 9.80. The molecular weight excluding hydrogens is 245 g/mol. The van der Waals surface area contributed by atoms with Crippen LogP contribution in [-0.4, -0.2) is 61.0 Å². The molecular formula is C13H20BNO4. The van der Waals surface area contributed by atoms with Crippen molar-refractivity contribution in [2.24, 2.45) is 0 Å². The third-order valence-corrected chi connectivity index (χ3v) is 3.31. The van der Waals surface area contributed by atoms with Crippen molar-refractivity contribution in [3.63, 3.8) is 0 Å². The largest absolute Gasteiger partial charge is 0.492 e. The van der Waals surface area contributed by atoms with Gasteiger partial charge in [0.2, 0.25) is 0 Å². The number of rotatable bonds is 5. The van der Waals surface area contributed by atoms with Crippen molar-refractivity contribution in [3.8, 4) is 5.75 Å². The van der Waals surface area contributed by atoms with Gasteiger partial charge in [-0.15, -0.1) is 0 Å². The predicted molar refractivity (Wildman–Crippen MR) is 73.6 cm³/mol. The van der Waals surface area contributed by atoms with Gasteiger partial charge in [0.25, 0.3) is 0 Å². The van der Waals surface area contributed by atoms with Crippen LogP contribution in [0.1, 0.15) is 6.92 Å². The van der Waals surface area contributed by atoms with Gasteiger partial charge in [-0.2, -0.15) is 0 Å². The number of benzene rings is 1. The topological polar surface area (TPSA) is 62.2 Å². The van der Waals surface area contributed by atoms with Gasteiger partial charge in [-0.3, -0.25) is 4.90 Å². The average molecular weight is 265 g/mol. The lowest BCUT2D eigenvalue weighted by Crippen LogP contribution is -2.45. The van der Waals surface area contributed by atoms with E-state index in [1.165, 1.54) is 0 Å². The molecule has 1 aliphatic rings. The van der Waals surface area contributed by atoms with Gasteiger partial charge < -0.3 is 19.5 Å². The maximum Gasteiger partial charge on any atom is 0.488 e. The second kappa shape index (κ2) is 6.91. The molecule has 0 aromatic heterocycles. The molecule has 0 aliphatic carbocycles. The molecule has 19 heavy (non-hydrogen) atoms. The number of nitrogens with zero attached hydrogens (tertiary/aromatic N) is 1. The Kier molecular flexibility index (Phi) is 5.21. The normalized spacial score (nSPS) is 20.3. The molecule has 1 unspecified atom stereocenters. The van der Waals surface area contributed by atoms with Crippen molar-refractivity contribution >= 4 is 12.6 Å². The summed E-state index contributed by atoms with van der Waals surface area (Å²) in [5, 5.41) is 18.2. The molecule has 1 saturated heterocycles. The van der Waals surface area contributed by atoms with Crippen LogP contribution in [0.4, 0.5) is 0 Å². The Morgan fingerprint density at radius 3 is 3.05 bits per heavy atom. The van der Waals surface area contributed by atoms with Crippen LogP contribution < -0.4 is 10.2 Å². The second-order valence-corrected chi connectivity index (χ2v) is 4.75. The molecule has 1 aromatic rings. The highest BCUT2D eigenvalue weighted by Crippen LogP contribution is 2.09. The number of hydrogen-bond acceptors (Lipinski definition) is 5. The first kappa shape index (κ1) is 14.3. The van der Waals surface area contributed by atoms with Gasteiger partial charge in [0.05, 0.1) is 13.2 Å². The van der Waals surface area contributed by atoms with Crippen molar-refractivity contribution in [1.82, 2.24) is 4.90 Å². The Labute approximate surface area is 113 Å². The van der Waals surface area contributed by atoms with E-state index in [1.807, 2.05) is 6.07 Å². The minimum absolute atomic E-state index is 0.419. The van der Waals surface area contributed by atoms with Gasteiger partial charge in [-0.1, -0.05) is 12.1 Å². The summed E-state index contributed by atoms with van der Waals surface area (Å²) in [6, 6.07) is 7.29. The minimum atomic E-state index is -1.46. The summed E-state index contributed by atoms with van der Waals surface area (Å²) >= 11 is 0. The van der Waals surface area contributed by atoms with Crippen molar-refractivity contribution in [3.05, 3.63) is 24.3 Å². The van der Waals surface area contributed by atoms with E-state index in [4.69, 9.17) is 19.5 Å². The smallest absolute Gasteiger partial charge is 0.488 e. The summed E-state index contributed by atoms with van der Waals surface area (Å²) in [7, 11) is -1.46. The van der Waals surface area contributed by atoms with Crippen LogP contribution in [0.25, 0.3) is 0 Å². The zero-order valence-corrected chi connectivity index (χ0v) is 11.2. The van der Waals surface area contributed by atoms with Crippen LogP contribution in [0.3, 0.4) is 0 Å². The Balaban J connectivity index is 1.80. The molecule has 6 heteroatoms. The Hall–Kier alpha value is -1.08. The minimum Gasteiger partial charge on any atom is -0.492 e. The molecule has 0 spiro atoms. The van der Waals surface area contributed by atoms with Crippen LogP contribution in [0.2, 0.25) is 0 Å². The first-order valence-electron chi connectivity index (χ1n) is 6.57. The van der Waals surface area contributed by atoms with E-state index in [2.05, 4.69) is 11.8 Å². The van der Waals surface area contributed by atoms with E-state index < -0.39 is 7.12 Å². The predicted octanol–water partition coefficient (Wildman–Crippen LogP) is -0.534. The summed E-state index contributed by atoms with van der Waals surface area (Å²) in [6.45, 7) is 6.04. The van der Waals surface area contributed by atoms with E-state index >= 15 is 0 Å². The fraction of sp³-hybridized carbons (Fsp3) is 0.538. The van der Waals surface area contributed by atoms with Gasteiger partial charge in [-0.05, 0) is 24.5 Å². The lowest BCUT2D eigenvalue weighted by molar-refractivity contribution is -0.00514. The lowest BCUT2D eigenvalue weighted by Gasteiger charge is -2.32. The number of ether oxygens (including phenoxy) is 2. The maximum atomic E-state index is 9.09. The molecule has 1 aliphatic heterocycles. The summed E-state index contributed by atoms with van der Waals surface area (Å²) in [4.78, 5) is 2.33. The van der Waals surface area contributed by atoms with Crippen LogP contribution >= 0.6 is 0 Å². The molecule has 5 nitrogen and oxygen atoms in total. The summed E-state index contributed by atoms with van der Waals surface area (Å²) < 4.78 is 11.0. The Morgan fingerprint density at radius 2 is 2.32 bits per heavy atom. The van der Waals surface area contributed by atoms with E-state index in [0.717, 1.165) is 26.3 Å². The highest BCUT2D eigenvalue weighted by atomic mass is 16.5. The molecule has 2 N–H and O–H groups in total. The van der Waals surface area contributed by atoms with E-state index in [1.54, 1.807) is 18.2 Å². The zero-order chi connectivity index (χ0) is 13.7. The first-order valence-corrected chi connectivity index (χ1v) is 6.57. The number of morpholine rings is 1. The third kappa shape index (κ3) is 4.21. The zero-order valence-electron chi connectivity index (χ0n) is 11.2. The van der Waals surface area contributed by atoms with Gasteiger partial charge in [0.15, 0.2) is 0 Å². The molecule has 0 amide bonds. The first-order chi connectivity index (χ1) is 9.16. The van der Waals surface area contributed by atoms with E-state index in [9.17, 15) is 0 Å². The van der Waals surface area contributed by atoms with Gasteiger partial charge >= 0.3 is 7.12 Å². The van der Waals surface area contributed by atoms with Crippen LogP contribution in [0.5, 0.6) is 5.75 Å². The standard InChI is InChI=1S/C13H20BNO4/c1-11-10-18-7-5-15(11)6-8-19-13-4-2-3-12(9-13)14(16)17/h2-4,9,11,16-17H,5-8,10H2,1H3. The van der Waals surface area contributed by atoms with Crippen molar-refractivity contribution in [2.45, 2.75) is 13.0 Å². The van der Waals surface area contributed by atoms with Gasteiger partial charge in [-0.25, -0.2) is 0 Å². The quantitative estimate of drug-likeness (QED) is 0.700. The van der Waals surface area contributed by atoms with Crippen molar-refractivity contribution < 1.29 is 19.5 Å². The summed E-state index contributed by atoms with van der Waals surface area (Å²) in [6.07, 6.45) is 0.